The first-order valence-electron chi connectivity index (χ1n) is 7.41. The summed E-state index contributed by atoms with van der Waals surface area (Å²) in [6.07, 6.45) is 0.639. The first-order valence-corrected chi connectivity index (χ1v) is 7.41. The fourth-order valence-corrected chi connectivity index (χ4v) is 1.84. The molecule has 0 saturated heterocycles. The number of nitrogens with one attached hydrogen (secondary N) is 1. The Bertz CT molecular complexity index is 583. The summed E-state index contributed by atoms with van der Waals surface area (Å²) in [5.74, 6) is 0.391. The van der Waals surface area contributed by atoms with Crippen molar-refractivity contribution in [3.8, 4) is 0 Å². The summed E-state index contributed by atoms with van der Waals surface area (Å²) in [6, 6.07) is 9.98. The Hall–Kier alpha value is -2.21. The number of carbonyl (C=O) groups excluding carboxylic acids is 1. The van der Waals surface area contributed by atoms with E-state index in [1.807, 2.05) is 44.2 Å². The van der Waals surface area contributed by atoms with Crippen molar-refractivity contribution < 1.29 is 14.1 Å². The first kappa shape index (κ1) is 16.2. The number of hydrogen-bond acceptors (Lipinski definition) is 5. The molecule has 1 unspecified atom stereocenters. The summed E-state index contributed by atoms with van der Waals surface area (Å²) >= 11 is 0. The fraction of sp³-hybridized carbons (Fsp3) is 0.438. The highest BCUT2D eigenvalue weighted by molar-refractivity contribution is 5.89. The van der Waals surface area contributed by atoms with E-state index in [0.29, 0.717) is 32.0 Å². The van der Waals surface area contributed by atoms with Gasteiger partial charge >= 0.3 is 11.8 Å². The maximum atomic E-state index is 11.8. The normalized spacial score (nSPS) is 12.1. The second kappa shape index (κ2) is 8.29. The van der Waals surface area contributed by atoms with Crippen LogP contribution in [0.4, 0.5) is 0 Å². The molecule has 0 radical (unpaired) electrons. The fourth-order valence-electron chi connectivity index (χ4n) is 1.84. The Balaban J connectivity index is 1.66. The van der Waals surface area contributed by atoms with Gasteiger partial charge < -0.3 is 14.6 Å². The van der Waals surface area contributed by atoms with E-state index in [4.69, 9.17) is 9.26 Å². The van der Waals surface area contributed by atoms with E-state index in [2.05, 4.69) is 15.5 Å². The van der Waals surface area contributed by atoms with E-state index in [0.717, 1.165) is 5.56 Å². The number of hydrogen-bond donors (Lipinski definition) is 1. The molecule has 1 atom stereocenters. The SMILES string of the molecule is CCc1noc(C(=O)NCC(C)COCc2ccccc2)n1. The number of aromatic nitrogens is 2. The molecule has 0 spiro atoms. The van der Waals surface area contributed by atoms with Crippen molar-refractivity contribution in [2.45, 2.75) is 26.9 Å². The lowest BCUT2D eigenvalue weighted by Crippen LogP contribution is -2.30. The molecular formula is C16H21N3O3. The van der Waals surface area contributed by atoms with Crippen LogP contribution >= 0.6 is 0 Å². The number of ether oxygens (including phenoxy) is 1. The third-order valence-electron chi connectivity index (χ3n) is 3.10. The largest absolute Gasteiger partial charge is 0.376 e. The summed E-state index contributed by atoms with van der Waals surface area (Å²) in [7, 11) is 0. The van der Waals surface area contributed by atoms with Crippen molar-refractivity contribution in [1.29, 1.82) is 0 Å². The molecule has 1 N–H and O–H groups in total. The molecule has 1 heterocycles. The van der Waals surface area contributed by atoms with Crippen LogP contribution in [0.25, 0.3) is 0 Å². The number of benzene rings is 1. The highest BCUT2D eigenvalue weighted by atomic mass is 16.5. The van der Waals surface area contributed by atoms with Gasteiger partial charge in [0.2, 0.25) is 0 Å². The Morgan fingerprint density at radius 1 is 1.36 bits per heavy atom. The van der Waals surface area contributed by atoms with Gasteiger partial charge in [0.15, 0.2) is 5.82 Å². The van der Waals surface area contributed by atoms with Crippen molar-refractivity contribution in [2.24, 2.45) is 5.92 Å². The van der Waals surface area contributed by atoms with E-state index in [1.165, 1.54) is 0 Å². The first-order chi connectivity index (χ1) is 10.7. The minimum atomic E-state index is -0.345. The highest BCUT2D eigenvalue weighted by Gasteiger charge is 2.15. The molecule has 0 bridgehead atoms. The number of carbonyl (C=O) groups is 1. The van der Waals surface area contributed by atoms with Crippen molar-refractivity contribution in [3.63, 3.8) is 0 Å². The lowest BCUT2D eigenvalue weighted by atomic mass is 10.2. The van der Waals surface area contributed by atoms with Crippen LogP contribution < -0.4 is 5.32 Å². The molecule has 0 fully saturated rings. The number of rotatable bonds is 8. The summed E-state index contributed by atoms with van der Waals surface area (Å²) in [6.45, 7) is 5.55. The van der Waals surface area contributed by atoms with Crippen LogP contribution in [0.2, 0.25) is 0 Å². The van der Waals surface area contributed by atoms with Gasteiger partial charge in [0.1, 0.15) is 0 Å². The molecule has 118 valence electrons. The molecular weight excluding hydrogens is 282 g/mol. The van der Waals surface area contributed by atoms with E-state index >= 15 is 0 Å². The van der Waals surface area contributed by atoms with Crippen LogP contribution in [0.3, 0.4) is 0 Å². The van der Waals surface area contributed by atoms with Gasteiger partial charge in [-0.3, -0.25) is 4.79 Å². The summed E-state index contributed by atoms with van der Waals surface area (Å²) in [5, 5.41) is 6.46. The number of amides is 1. The second-order valence-corrected chi connectivity index (χ2v) is 5.19. The molecule has 0 aliphatic heterocycles. The Kier molecular flexibility index (Phi) is 6.09. The van der Waals surface area contributed by atoms with Gasteiger partial charge in [-0.15, -0.1) is 0 Å². The summed E-state index contributed by atoms with van der Waals surface area (Å²) in [4.78, 5) is 15.8. The minimum Gasteiger partial charge on any atom is -0.376 e. The predicted octanol–water partition coefficient (Wildman–Crippen LogP) is 2.21. The molecule has 2 aromatic rings. The second-order valence-electron chi connectivity index (χ2n) is 5.19. The van der Waals surface area contributed by atoms with E-state index < -0.39 is 0 Å². The maximum absolute atomic E-state index is 11.8. The van der Waals surface area contributed by atoms with Gasteiger partial charge in [-0.1, -0.05) is 49.3 Å². The van der Waals surface area contributed by atoms with Crippen molar-refractivity contribution in [1.82, 2.24) is 15.5 Å². The van der Waals surface area contributed by atoms with Crippen molar-refractivity contribution >= 4 is 5.91 Å². The lowest BCUT2D eigenvalue weighted by Gasteiger charge is -2.12. The Morgan fingerprint density at radius 3 is 2.82 bits per heavy atom. The van der Waals surface area contributed by atoms with Crippen LogP contribution in [-0.2, 0) is 17.8 Å². The van der Waals surface area contributed by atoms with Crippen LogP contribution in [-0.4, -0.2) is 29.2 Å². The molecule has 0 saturated carbocycles. The zero-order valence-electron chi connectivity index (χ0n) is 12.9. The Labute approximate surface area is 129 Å². The number of aryl methyl sites for hydroxylation is 1. The molecule has 1 amide bonds. The average Bonchev–Trinajstić information content (AvgIpc) is 3.03. The van der Waals surface area contributed by atoms with Crippen LogP contribution in [0.15, 0.2) is 34.9 Å². The van der Waals surface area contributed by atoms with Gasteiger partial charge in [-0.05, 0) is 11.5 Å². The predicted molar refractivity (Wildman–Crippen MR) is 81.3 cm³/mol. The van der Waals surface area contributed by atoms with E-state index in [-0.39, 0.29) is 17.7 Å². The van der Waals surface area contributed by atoms with Gasteiger partial charge in [0.25, 0.3) is 0 Å². The third kappa shape index (κ3) is 4.96. The zero-order valence-corrected chi connectivity index (χ0v) is 12.9. The maximum Gasteiger partial charge on any atom is 0.315 e. The standard InChI is InChI=1S/C16H21N3O3/c1-3-14-18-16(22-19-14)15(20)17-9-12(2)10-21-11-13-7-5-4-6-8-13/h4-8,12H,3,9-11H2,1-2H3,(H,17,20). The molecule has 1 aromatic carbocycles. The Morgan fingerprint density at radius 2 is 2.14 bits per heavy atom. The molecule has 1 aromatic heterocycles. The molecule has 0 aliphatic carbocycles. The number of nitrogens with zero attached hydrogens (tertiary/aromatic N) is 2. The topological polar surface area (TPSA) is 77.2 Å². The molecule has 22 heavy (non-hydrogen) atoms. The van der Waals surface area contributed by atoms with Crippen LogP contribution in [0, 0.1) is 5.92 Å². The molecule has 6 heteroatoms. The van der Waals surface area contributed by atoms with E-state index in [1.54, 1.807) is 0 Å². The smallest absolute Gasteiger partial charge is 0.315 e. The molecule has 2 rings (SSSR count). The average molecular weight is 303 g/mol. The highest BCUT2D eigenvalue weighted by Crippen LogP contribution is 2.03. The lowest BCUT2D eigenvalue weighted by molar-refractivity contribution is 0.0819. The van der Waals surface area contributed by atoms with Gasteiger partial charge in [-0.25, -0.2) is 0 Å². The molecule has 6 nitrogen and oxygen atoms in total. The van der Waals surface area contributed by atoms with Crippen LogP contribution in [0.1, 0.15) is 35.9 Å². The quantitative estimate of drug-likeness (QED) is 0.809. The van der Waals surface area contributed by atoms with Gasteiger partial charge in [-0.2, -0.15) is 4.98 Å². The third-order valence-corrected chi connectivity index (χ3v) is 3.10. The summed E-state index contributed by atoms with van der Waals surface area (Å²) in [5.41, 5.74) is 1.14. The van der Waals surface area contributed by atoms with E-state index in [9.17, 15) is 4.79 Å². The van der Waals surface area contributed by atoms with Gasteiger partial charge in [0, 0.05) is 13.0 Å². The van der Waals surface area contributed by atoms with Crippen molar-refractivity contribution in [2.75, 3.05) is 13.2 Å². The minimum absolute atomic E-state index is 0.00857. The molecule has 0 aliphatic rings. The summed E-state index contributed by atoms with van der Waals surface area (Å²) < 4.78 is 10.5. The monoisotopic (exact) mass is 303 g/mol. The van der Waals surface area contributed by atoms with Crippen LogP contribution in [0.5, 0.6) is 0 Å². The van der Waals surface area contributed by atoms with Gasteiger partial charge in [0.05, 0.1) is 13.2 Å². The van der Waals surface area contributed by atoms with Crippen molar-refractivity contribution in [3.05, 3.63) is 47.6 Å². The zero-order chi connectivity index (χ0) is 15.8.